The van der Waals surface area contributed by atoms with Gasteiger partial charge in [-0.15, -0.1) is 0 Å². The summed E-state index contributed by atoms with van der Waals surface area (Å²) in [7, 11) is 1.99. The minimum Gasteiger partial charge on any atom is -0.352 e. The fourth-order valence-electron chi connectivity index (χ4n) is 0.528. The quantitative estimate of drug-likeness (QED) is 0.566. The SMILES string of the molecule is CCN(C)CCNC(N)=O. The van der Waals surface area contributed by atoms with Crippen molar-refractivity contribution < 1.29 is 4.79 Å². The van der Waals surface area contributed by atoms with Crippen LogP contribution >= 0.6 is 0 Å². The summed E-state index contributed by atoms with van der Waals surface area (Å²) in [5.74, 6) is 0. The van der Waals surface area contributed by atoms with Gasteiger partial charge in [0.1, 0.15) is 0 Å². The zero-order valence-electron chi connectivity index (χ0n) is 6.55. The van der Waals surface area contributed by atoms with Crippen LogP contribution in [0.1, 0.15) is 6.92 Å². The van der Waals surface area contributed by atoms with Crippen LogP contribution in [0.5, 0.6) is 0 Å². The molecule has 0 fully saturated rings. The Morgan fingerprint density at radius 1 is 1.70 bits per heavy atom. The highest BCUT2D eigenvalue weighted by Crippen LogP contribution is 1.76. The van der Waals surface area contributed by atoms with E-state index in [1.54, 1.807) is 0 Å². The molecule has 0 aliphatic heterocycles. The van der Waals surface area contributed by atoms with Gasteiger partial charge in [0.15, 0.2) is 0 Å². The topological polar surface area (TPSA) is 58.4 Å². The van der Waals surface area contributed by atoms with Crippen molar-refractivity contribution >= 4 is 6.03 Å². The number of carbonyl (C=O) groups excluding carboxylic acids is 1. The van der Waals surface area contributed by atoms with Crippen LogP contribution < -0.4 is 11.1 Å². The van der Waals surface area contributed by atoms with E-state index in [0.29, 0.717) is 6.54 Å². The van der Waals surface area contributed by atoms with E-state index in [0.717, 1.165) is 13.1 Å². The predicted molar refractivity (Wildman–Crippen MR) is 40.8 cm³/mol. The molecule has 4 nitrogen and oxygen atoms in total. The third kappa shape index (κ3) is 5.37. The number of likely N-dealkylation sites (N-methyl/N-ethyl adjacent to an activating group) is 1. The third-order valence-corrected chi connectivity index (χ3v) is 1.33. The molecule has 0 saturated carbocycles. The molecule has 0 heterocycles. The number of rotatable bonds is 4. The van der Waals surface area contributed by atoms with E-state index in [-0.39, 0.29) is 0 Å². The monoisotopic (exact) mass is 145 g/mol. The number of nitrogens with two attached hydrogens (primary N) is 1. The third-order valence-electron chi connectivity index (χ3n) is 1.33. The molecule has 0 aromatic heterocycles. The molecule has 0 radical (unpaired) electrons. The Morgan fingerprint density at radius 3 is 2.70 bits per heavy atom. The van der Waals surface area contributed by atoms with E-state index in [1.165, 1.54) is 0 Å². The number of nitrogens with zero attached hydrogens (tertiary/aromatic N) is 1. The summed E-state index contributed by atoms with van der Waals surface area (Å²) in [6.45, 7) is 4.52. The number of amides is 2. The predicted octanol–water partition coefficient (Wildman–Crippen LogP) is -0.394. The Bertz CT molecular complexity index is 105. The summed E-state index contributed by atoms with van der Waals surface area (Å²) in [6, 6.07) is -0.454. The van der Waals surface area contributed by atoms with E-state index in [2.05, 4.69) is 17.1 Å². The zero-order valence-corrected chi connectivity index (χ0v) is 6.55. The van der Waals surface area contributed by atoms with Crippen molar-refractivity contribution in [1.82, 2.24) is 10.2 Å². The molecule has 0 rings (SSSR count). The summed E-state index contributed by atoms with van der Waals surface area (Å²) in [5.41, 5.74) is 4.85. The van der Waals surface area contributed by atoms with Gasteiger partial charge >= 0.3 is 6.03 Å². The van der Waals surface area contributed by atoms with Crippen molar-refractivity contribution in [1.29, 1.82) is 0 Å². The Labute approximate surface area is 61.4 Å². The molecular weight excluding hydrogens is 130 g/mol. The molecule has 4 heteroatoms. The first-order valence-electron chi connectivity index (χ1n) is 3.38. The van der Waals surface area contributed by atoms with Crippen LogP contribution in [0, 0.1) is 0 Å². The van der Waals surface area contributed by atoms with Crippen molar-refractivity contribution in [3.8, 4) is 0 Å². The number of hydrogen-bond acceptors (Lipinski definition) is 2. The second kappa shape index (κ2) is 5.05. The maximum absolute atomic E-state index is 10.2. The number of nitrogens with one attached hydrogen (secondary N) is 1. The first-order valence-corrected chi connectivity index (χ1v) is 3.38. The molecule has 0 aliphatic rings. The highest BCUT2D eigenvalue weighted by Gasteiger charge is 1.93. The second-order valence-corrected chi connectivity index (χ2v) is 2.19. The van der Waals surface area contributed by atoms with E-state index in [1.807, 2.05) is 7.05 Å². The van der Waals surface area contributed by atoms with E-state index < -0.39 is 6.03 Å². The van der Waals surface area contributed by atoms with E-state index in [9.17, 15) is 4.79 Å². The fourth-order valence-corrected chi connectivity index (χ4v) is 0.528. The van der Waals surface area contributed by atoms with E-state index in [4.69, 9.17) is 5.73 Å². The van der Waals surface area contributed by atoms with Crippen molar-refractivity contribution in [2.45, 2.75) is 6.92 Å². The lowest BCUT2D eigenvalue weighted by atomic mass is 10.5. The summed E-state index contributed by atoms with van der Waals surface area (Å²) in [4.78, 5) is 12.3. The van der Waals surface area contributed by atoms with Gasteiger partial charge in [0.25, 0.3) is 0 Å². The van der Waals surface area contributed by atoms with Crippen LogP contribution in [0.3, 0.4) is 0 Å². The molecule has 0 aromatic rings. The average Bonchev–Trinajstić information content (AvgIpc) is 1.87. The summed E-state index contributed by atoms with van der Waals surface area (Å²) >= 11 is 0. The Hall–Kier alpha value is -0.770. The van der Waals surface area contributed by atoms with Crippen LogP contribution in [0.15, 0.2) is 0 Å². The van der Waals surface area contributed by atoms with Gasteiger partial charge in [0, 0.05) is 13.1 Å². The minimum atomic E-state index is -0.454. The lowest BCUT2D eigenvalue weighted by Gasteiger charge is -2.12. The maximum Gasteiger partial charge on any atom is 0.312 e. The van der Waals surface area contributed by atoms with Gasteiger partial charge in [-0.25, -0.2) is 4.79 Å². The number of hydrogen-bond donors (Lipinski definition) is 2. The maximum atomic E-state index is 10.2. The van der Waals surface area contributed by atoms with Gasteiger partial charge in [0.05, 0.1) is 0 Å². The van der Waals surface area contributed by atoms with Crippen molar-refractivity contribution in [2.75, 3.05) is 26.7 Å². The first-order chi connectivity index (χ1) is 4.66. The first kappa shape index (κ1) is 9.23. The molecule has 0 spiro atoms. The number of primary amides is 1. The molecular formula is C6H15N3O. The van der Waals surface area contributed by atoms with Crippen molar-refractivity contribution in [2.24, 2.45) is 5.73 Å². The Balaban J connectivity index is 3.11. The molecule has 0 aromatic carbocycles. The van der Waals surface area contributed by atoms with Gasteiger partial charge in [-0.05, 0) is 13.6 Å². The molecule has 60 valence electrons. The van der Waals surface area contributed by atoms with E-state index >= 15 is 0 Å². The number of carbonyl (C=O) groups is 1. The zero-order chi connectivity index (χ0) is 7.98. The smallest absolute Gasteiger partial charge is 0.312 e. The molecule has 10 heavy (non-hydrogen) atoms. The molecule has 0 atom stereocenters. The lowest BCUT2D eigenvalue weighted by Crippen LogP contribution is -2.35. The summed E-state index contributed by atoms with van der Waals surface area (Å²) in [5, 5.41) is 2.51. The van der Waals surface area contributed by atoms with Gasteiger partial charge in [0.2, 0.25) is 0 Å². The molecule has 2 amide bonds. The molecule has 3 N–H and O–H groups in total. The van der Waals surface area contributed by atoms with Gasteiger partial charge in [-0.3, -0.25) is 0 Å². The highest BCUT2D eigenvalue weighted by atomic mass is 16.2. The van der Waals surface area contributed by atoms with Crippen LogP contribution in [0.4, 0.5) is 4.79 Å². The average molecular weight is 145 g/mol. The van der Waals surface area contributed by atoms with Crippen LogP contribution in [-0.2, 0) is 0 Å². The van der Waals surface area contributed by atoms with Gasteiger partial charge in [-0.1, -0.05) is 6.92 Å². The van der Waals surface area contributed by atoms with Crippen molar-refractivity contribution in [3.05, 3.63) is 0 Å². The van der Waals surface area contributed by atoms with Gasteiger partial charge in [-0.2, -0.15) is 0 Å². The number of urea groups is 1. The highest BCUT2D eigenvalue weighted by molar-refractivity contribution is 5.71. The summed E-state index contributed by atoms with van der Waals surface area (Å²) < 4.78 is 0. The van der Waals surface area contributed by atoms with Crippen LogP contribution in [-0.4, -0.2) is 37.6 Å². The lowest BCUT2D eigenvalue weighted by molar-refractivity contribution is 0.246. The largest absolute Gasteiger partial charge is 0.352 e. The Morgan fingerprint density at radius 2 is 2.30 bits per heavy atom. The van der Waals surface area contributed by atoms with Gasteiger partial charge < -0.3 is 16.0 Å². The van der Waals surface area contributed by atoms with Crippen molar-refractivity contribution in [3.63, 3.8) is 0 Å². The minimum absolute atomic E-state index is 0.454. The Kier molecular flexibility index (Phi) is 4.66. The summed E-state index contributed by atoms with van der Waals surface area (Å²) in [6.07, 6.45) is 0. The fraction of sp³-hybridized carbons (Fsp3) is 0.833. The molecule has 0 bridgehead atoms. The molecule has 0 aliphatic carbocycles. The molecule has 0 unspecified atom stereocenters. The van der Waals surface area contributed by atoms with Crippen LogP contribution in [0.2, 0.25) is 0 Å². The normalized spacial score (nSPS) is 9.90. The second-order valence-electron chi connectivity index (χ2n) is 2.19. The standard InChI is InChI=1S/C6H15N3O/c1-3-9(2)5-4-8-6(7)10/h3-5H2,1-2H3,(H3,7,8,10). The van der Waals surface area contributed by atoms with Crippen LogP contribution in [0.25, 0.3) is 0 Å². The molecule has 0 saturated heterocycles.